The summed E-state index contributed by atoms with van der Waals surface area (Å²) in [5.41, 5.74) is 2.11. The molecular formula is C17H15FN2O. The molecule has 2 aromatic carbocycles. The zero-order chi connectivity index (χ0) is 14.7. The Labute approximate surface area is 123 Å². The minimum absolute atomic E-state index is 0.0869. The molecule has 0 amide bonds. The molecule has 3 nitrogen and oxygen atoms in total. The SMILES string of the molecule is N#Cc1ccc(CNCC2Cc3ccccc3O2)c(F)c1. The Hall–Kier alpha value is -2.38. The molecule has 1 aliphatic heterocycles. The first-order chi connectivity index (χ1) is 10.3. The summed E-state index contributed by atoms with van der Waals surface area (Å²) in [5, 5.41) is 11.9. The molecule has 0 saturated carbocycles. The summed E-state index contributed by atoms with van der Waals surface area (Å²) in [6.45, 7) is 1.09. The van der Waals surface area contributed by atoms with Crippen molar-refractivity contribution in [2.45, 2.75) is 19.1 Å². The number of nitrogens with one attached hydrogen (secondary N) is 1. The van der Waals surface area contributed by atoms with E-state index in [1.165, 1.54) is 11.6 Å². The number of nitriles is 1. The van der Waals surface area contributed by atoms with Gasteiger partial charge in [0.1, 0.15) is 17.7 Å². The normalized spacial score (nSPS) is 16.1. The van der Waals surface area contributed by atoms with Crippen molar-refractivity contribution in [2.24, 2.45) is 0 Å². The first-order valence-corrected chi connectivity index (χ1v) is 6.90. The Morgan fingerprint density at radius 3 is 2.90 bits per heavy atom. The molecule has 1 heterocycles. The van der Waals surface area contributed by atoms with E-state index >= 15 is 0 Å². The van der Waals surface area contributed by atoms with Crippen molar-refractivity contribution in [3.8, 4) is 11.8 Å². The molecule has 0 fully saturated rings. The second-order valence-electron chi connectivity index (χ2n) is 5.10. The summed E-state index contributed by atoms with van der Waals surface area (Å²) in [6, 6.07) is 14.5. The smallest absolute Gasteiger partial charge is 0.129 e. The highest BCUT2D eigenvalue weighted by Gasteiger charge is 2.21. The molecule has 1 aliphatic rings. The minimum atomic E-state index is -0.350. The van der Waals surface area contributed by atoms with Gasteiger partial charge in [0.05, 0.1) is 11.6 Å². The molecular weight excluding hydrogens is 267 g/mol. The van der Waals surface area contributed by atoms with Gasteiger partial charge in [0.15, 0.2) is 0 Å². The summed E-state index contributed by atoms with van der Waals surface area (Å²) < 4.78 is 19.5. The number of hydrogen-bond acceptors (Lipinski definition) is 3. The van der Waals surface area contributed by atoms with Crippen molar-refractivity contribution in [3.05, 3.63) is 65.0 Å². The Morgan fingerprint density at radius 1 is 1.29 bits per heavy atom. The molecule has 0 bridgehead atoms. The molecule has 1 atom stereocenters. The number of para-hydroxylation sites is 1. The lowest BCUT2D eigenvalue weighted by Crippen LogP contribution is -2.29. The van der Waals surface area contributed by atoms with Gasteiger partial charge in [0, 0.05) is 25.1 Å². The van der Waals surface area contributed by atoms with Crippen LogP contribution in [0.25, 0.3) is 0 Å². The first-order valence-electron chi connectivity index (χ1n) is 6.90. The third kappa shape index (κ3) is 3.04. The molecule has 0 saturated heterocycles. The number of halogens is 1. The first kappa shape index (κ1) is 13.6. The molecule has 21 heavy (non-hydrogen) atoms. The second-order valence-corrected chi connectivity index (χ2v) is 5.10. The molecule has 4 heteroatoms. The predicted molar refractivity (Wildman–Crippen MR) is 77.4 cm³/mol. The lowest BCUT2D eigenvalue weighted by Gasteiger charge is -2.12. The number of nitrogens with zero attached hydrogens (tertiary/aromatic N) is 1. The number of fused-ring (bicyclic) bond motifs is 1. The van der Waals surface area contributed by atoms with E-state index in [4.69, 9.17) is 10.00 Å². The van der Waals surface area contributed by atoms with Crippen LogP contribution in [0.1, 0.15) is 16.7 Å². The van der Waals surface area contributed by atoms with Crippen LogP contribution < -0.4 is 10.1 Å². The fraction of sp³-hybridized carbons (Fsp3) is 0.235. The van der Waals surface area contributed by atoms with E-state index in [-0.39, 0.29) is 11.9 Å². The highest BCUT2D eigenvalue weighted by atomic mass is 19.1. The number of hydrogen-bond donors (Lipinski definition) is 1. The number of benzene rings is 2. The Balaban J connectivity index is 1.53. The van der Waals surface area contributed by atoms with Crippen LogP contribution in [-0.2, 0) is 13.0 Å². The molecule has 0 aliphatic carbocycles. The zero-order valence-electron chi connectivity index (χ0n) is 11.5. The van der Waals surface area contributed by atoms with Crippen molar-refractivity contribution in [3.63, 3.8) is 0 Å². The molecule has 1 unspecified atom stereocenters. The topological polar surface area (TPSA) is 45.0 Å². The maximum Gasteiger partial charge on any atom is 0.129 e. The van der Waals surface area contributed by atoms with Crippen molar-refractivity contribution >= 4 is 0 Å². The molecule has 0 radical (unpaired) electrons. The van der Waals surface area contributed by atoms with Gasteiger partial charge in [-0.2, -0.15) is 5.26 Å². The van der Waals surface area contributed by atoms with Gasteiger partial charge < -0.3 is 10.1 Å². The highest BCUT2D eigenvalue weighted by Crippen LogP contribution is 2.27. The highest BCUT2D eigenvalue weighted by molar-refractivity contribution is 5.37. The van der Waals surface area contributed by atoms with Gasteiger partial charge in [-0.25, -0.2) is 4.39 Å². The zero-order valence-corrected chi connectivity index (χ0v) is 11.5. The third-order valence-electron chi connectivity index (χ3n) is 3.58. The van der Waals surface area contributed by atoms with E-state index in [9.17, 15) is 4.39 Å². The molecule has 0 aromatic heterocycles. The van der Waals surface area contributed by atoms with Gasteiger partial charge in [-0.3, -0.25) is 0 Å². The van der Waals surface area contributed by atoms with Crippen molar-refractivity contribution in [1.82, 2.24) is 5.32 Å². The lowest BCUT2D eigenvalue weighted by atomic mass is 10.1. The third-order valence-corrected chi connectivity index (χ3v) is 3.58. The molecule has 106 valence electrons. The van der Waals surface area contributed by atoms with Crippen LogP contribution in [0.15, 0.2) is 42.5 Å². The van der Waals surface area contributed by atoms with E-state index in [0.717, 1.165) is 12.2 Å². The summed E-state index contributed by atoms with van der Waals surface area (Å²) in [4.78, 5) is 0. The quantitative estimate of drug-likeness (QED) is 0.938. The predicted octanol–water partition coefficient (Wildman–Crippen LogP) is 2.79. The van der Waals surface area contributed by atoms with Gasteiger partial charge >= 0.3 is 0 Å². The molecule has 2 aromatic rings. The molecule has 3 rings (SSSR count). The fourth-order valence-corrected chi connectivity index (χ4v) is 2.50. The monoisotopic (exact) mass is 282 g/mol. The summed E-state index contributed by atoms with van der Waals surface area (Å²) in [7, 11) is 0. The van der Waals surface area contributed by atoms with Crippen molar-refractivity contribution in [2.75, 3.05) is 6.54 Å². The minimum Gasteiger partial charge on any atom is -0.488 e. The van der Waals surface area contributed by atoms with E-state index in [1.54, 1.807) is 12.1 Å². The van der Waals surface area contributed by atoms with E-state index in [0.29, 0.717) is 24.2 Å². The Morgan fingerprint density at radius 2 is 2.14 bits per heavy atom. The summed E-state index contributed by atoms with van der Waals surface area (Å²) in [6.07, 6.45) is 0.961. The maximum absolute atomic E-state index is 13.7. The van der Waals surface area contributed by atoms with Gasteiger partial charge in [-0.1, -0.05) is 24.3 Å². The van der Waals surface area contributed by atoms with Gasteiger partial charge in [-0.15, -0.1) is 0 Å². The Bertz CT molecular complexity index is 668. The number of rotatable bonds is 4. The van der Waals surface area contributed by atoms with Gasteiger partial charge in [0.25, 0.3) is 0 Å². The van der Waals surface area contributed by atoms with Crippen LogP contribution in [0.4, 0.5) is 4.39 Å². The lowest BCUT2D eigenvalue weighted by molar-refractivity contribution is 0.227. The second kappa shape index (κ2) is 5.94. The van der Waals surface area contributed by atoms with Crippen LogP contribution >= 0.6 is 0 Å². The van der Waals surface area contributed by atoms with E-state index < -0.39 is 0 Å². The standard InChI is InChI=1S/C17H15FN2O/c18-16-7-12(9-19)5-6-14(16)10-20-11-15-8-13-3-1-2-4-17(13)21-15/h1-7,15,20H,8,10-11H2. The average Bonchev–Trinajstić information content (AvgIpc) is 2.91. The van der Waals surface area contributed by atoms with Crippen molar-refractivity contribution < 1.29 is 9.13 Å². The van der Waals surface area contributed by atoms with Crippen molar-refractivity contribution in [1.29, 1.82) is 5.26 Å². The number of ether oxygens (including phenoxy) is 1. The summed E-state index contributed by atoms with van der Waals surface area (Å²) >= 11 is 0. The van der Waals surface area contributed by atoms with E-state index in [1.807, 2.05) is 24.3 Å². The van der Waals surface area contributed by atoms with Gasteiger partial charge in [-0.05, 0) is 23.8 Å². The Kier molecular flexibility index (Phi) is 3.85. The average molecular weight is 282 g/mol. The molecule has 1 N–H and O–H groups in total. The summed E-state index contributed by atoms with van der Waals surface area (Å²) in [5.74, 6) is 0.589. The fourth-order valence-electron chi connectivity index (χ4n) is 2.50. The van der Waals surface area contributed by atoms with Crippen LogP contribution in [-0.4, -0.2) is 12.6 Å². The van der Waals surface area contributed by atoms with Crippen LogP contribution in [0.5, 0.6) is 5.75 Å². The van der Waals surface area contributed by atoms with E-state index in [2.05, 4.69) is 11.4 Å². The van der Waals surface area contributed by atoms with Crippen LogP contribution in [0.3, 0.4) is 0 Å². The van der Waals surface area contributed by atoms with Gasteiger partial charge in [0.2, 0.25) is 0 Å². The molecule has 0 spiro atoms. The maximum atomic E-state index is 13.7. The van der Waals surface area contributed by atoms with Crippen LogP contribution in [0.2, 0.25) is 0 Å². The van der Waals surface area contributed by atoms with Crippen LogP contribution in [0, 0.1) is 17.1 Å². The largest absolute Gasteiger partial charge is 0.488 e.